The van der Waals surface area contributed by atoms with Crippen molar-refractivity contribution in [2.75, 3.05) is 33.3 Å². The van der Waals surface area contributed by atoms with Crippen molar-refractivity contribution in [2.45, 2.75) is 26.4 Å². The lowest BCUT2D eigenvalue weighted by molar-refractivity contribution is 0.105. The Balaban J connectivity index is 1.28. The van der Waals surface area contributed by atoms with E-state index in [1.54, 1.807) is 7.11 Å². The third-order valence-corrected chi connectivity index (χ3v) is 4.81. The molecule has 1 fully saturated rings. The standard InChI is InChI=1S/C19H24N6O3/c1-3-16-21-22-18(27-16)13-25-10-8-24(9-11-25)12-17-20-19(23-28-17)14-4-6-15(26-2)7-5-14/h4-7H,3,8-13H2,1-2H3. The third-order valence-electron chi connectivity index (χ3n) is 4.81. The topological polar surface area (TPSA) is 93.6 Å². The minimum atomic E-state index is 0.597. The van der Waals surface area contributed by atoms with Crippen LogP contribution in [0.5, 0.6) is 5.75 Å². The molecule has 0 atom stereocenters. The summed E-state index contributed by atoms with van der Waals surface area (Å²) in [4.78, 5) is 9.15. The van der Waals surface area contributed by atoms with Crippen LogP contribution in [0.3, 0.4) is 0 Å². The van der Waals surface area contributed by atoms with E-state index < -0.39 is 0 Å². The van der Waals surface area contributed by atoms with Crippen molar-refractivity contribution in [2.24, 2.45) is 0 Å². The fraction of sp³-hybridized carbons (Fsp3) is 0.474. The number of aromatic nitrogens is 4. The molecule has 0 radical (unpaired) electrons. The van der Waals surface area contributed by atoms with Gasteiger partial charge in [-0.3, -0.25) is 9.80 Å². The molecule has 9 heteroatoms. The molecule has 1 aliphatic heterocycles. The predicted octanol–water partition coefficient (Wildman–Crippen LogP) is 2.01. The summed E-state index contributed by atoms with van der Waals surface area (Å²) >= 11 is 0. The molecule has 0 spiro atoms. The molecule has 4 rings (SSSR count). The first-order valence-electron chi connectivity index (χ1n) is 9.46. The lowest BCUT2D eigenvalue weighted by Crippen LogP contribution is -2.45. The van der Waals surface area contributed by atoms with Crippen molar-refractivity contribution >= 4 is 0 Å². The molecule has 0 aliphatic carbocycles. The molecule has 1 aliphatic rings. The van der Waals surface area contributed by atoms with Gasteiger partial charge in [0.05, 0.1) is 20.2 Å². The largest absolute Gasteiger partial charge is 0.497 e. The Hall–Kier alpha value is -2.78. The van der Waals surface area contributed by atoms with Crippen LogP contribution < -0.4 is 4.74 Å². The molecule has 0 bridgehead atoms. The van der Waals surface area contributed by atoms with E-state index in [1.165, 1.54) is 0 Å². The number of hydrogen-bond donors (Lipinski definition) is 0. The predicted molar refractivity (Wildman–Crippen MR) is 101 cm³/mol. The van der Waals surface area contributed by atoms with Gasteiger partial charge < -0.3 is 13.7 Å². The molecule has 148 valence electrons. The highest BCUT2D eigenvalue weighted by molar-refractivity contribution is 5.55. The van der Waals surface area contributed by atoms with Gasteiger partial charge in [-0.15, -0.1) is 10.2 Å². The minimum Gasteiger partial charge on any atom is -0.497 e. The lowest BCUT2D eigenvalue weighted by atomic mass is 10.2. The second-order valence-electron chi connectivity index (χ2n) is 6.74. The maximum absolute atomic E-state index is 5.60. The normalized spacial score (nSPS) is 15.8. The Kier molecular flexibility index (Phi) is 5.63. The second-order valence-corrected chi connectivity index (χ2v) is 6.74. The summed E-state index contributed by atoms with van der Waals surface area (Å²) in [6.07, 6.45) is 0.767. The van der Waals surface area contributed by atoms with Gasteiger partial charge in [0.25, 0.3) is 0 Å². The zero-order valence-electron chi connectivity index (χ0n) is 16.2. The number of piperazine rings is 1. The fourth-order valence-electron chi connectivity index (χ4n) is 3.16. The molecule has 28 heavy (non-hydrogen) atoms. The minimum absolute atomic E-state index is 0.597. The molecule has 1 saturated heterocycles. The summed E-state index contributed by atoms with van der Waals surface area (Å²) in [5.41, 5.74) is 0.909. The molecule has 0 saturated carbocycles. The zero-order chi connectivity index (χ0) is 19.3. The van der Waals surface area contributed by atoms with Gasteiger partial charge in [-0.05, 0) is 24.3 Å². The van der Waals surface area contributed by atoms with Crippen LogP contribution in [0.4, 0.5) is 0 Å². The van der Waals surface area contributed by atoms with E-state index in [4.69, 9.17) is 13.7 Å². The Morgan fingerprint density at radius 3 is 2.18 bits per heavy atom. The molecule has 2 aromatic heterocycles. The molecule has 3 aromatic rings. The van der Waals surface area contributed by atoms with Crippen LogP contribution in [0, 0.1) is 0 Å². The van der Waals surface area contributed by atoms with E-state index >= 15 is 0 Å². The average molecular weight is 384 g/mol. The van der Waals surface area contributed by atoms with Crippen molar-refractivity contribution in [3.8, 4) is 17.1 Å². The summed E-state index contributed by atoms with van der Waals surface area (Å²) in [5.74, 6) is 3.41. The van der Waals surface area contributed by atoms with Crippen molar-refractivity contribution in [3.05, 3.63) is 41.9 Å². The highest BCUT2D eigenvalue weighted by Crippen LogP contribution is 2.20. The number of methoxy groups -OCH3 is 1. The summed E-state index contributed by atoms with van der Waals surface area (Å²) in [6, 6.07) is 7.62. The van der Waals surface area contributed by atoms with Gasteiger partial charge in [-0.25, -0.2) is 0 Å². The van der Waals surface area contributed by atoms with Crippen LogP contribution in [0.1, 0.15) is 24.6 Å². The summed E-state index contributed by atoms with van der Waals surface area (Å²) < 4.78 is 16.2. The zero-order valence-corrected chi connectivity index (χ0v) is 16.2. The highest BCUT2D eigenvalue weighted by atomic mass is 16.5. The van der Waals surface area contributed by atoms with Crippen LogP contribution in [0.15, 0.2) is 33.2 Å². The number of benzene rings is 1. The van der Waals surface area contributed by atoms with E-state index in [0.29, 0.717) is 36.6 Å². The van der Waals surface area contributed by atoms with Gasteiger partial charge in [-0.2, -0.15) is 4.98 Å². The van der Waals surface area contributed by atoms with Crippen molar-refractivity contribution in [1.29, 1.82) is 0 Å². The summed E-state index contributed by atoms with van der Waals surface area (Å²) in [6.45, 7) is 7.07. The smallest absolute Gasteiger partial charge is 0.241 e. The molecular weight excluding hydrogens is 360 g/mol. The maximum Gasteiger partial charge on any atom is 0.241 e. The van der Waals surface area contributed by atoms with Crippen LogP contribution in [0.2, 0.25) is 0 Å². The Morgan fingerprint density at radius 2 is 1.57 bits per heavy atom. The molecule has 3 heterocycles. The van der Waals surface area contributed by atoms with Gasteiger partial charge in [0.1, 0.15) is 5.75 Å². The Morgan fingerprint density at radius 1 is 0.929 bits per heavy atom. The average Bonchev–Trinajstić information content (AvgIpc) is 3.39. The monoisotopic (exact) mass is 384 g/mol. The molecule has 0 unspecified atom stereocenters. The molecule has 0 amide bonds. The van der Waals surface area contributed by atoms with Crippen molar-refractivity contribution in [1.82, 2.24) is 30.1 Å². The number of ether oxygens (including phenoxy) is 1. The Bertz CT molecular complexity index is 883. The van der Waals surface area contributed by atoms with E-state index in [2.05, 4.69) is 30.1 Å². The summed E-state index contributed by atoms with van der Waals surface area (Å²) in [5, 5.41) is 12.2. The number of rotatable bonds is 7. The highest BCUT2D eigenvalue weighted by Gasteiger charge is 2.21. The fourth-order valence-corrected chi connectivity index (χ4v) is 3.16. The Labute approximate surface area is 163 Å². The van der Waals surface area contributed by atoms with Crippen LogP contribution in [0.25, 0.3) is 11.4 Å². The first kappa shape index (κ1) is 18.6. The first-order valence-corrected chi connectivity index (χ1v) is 9.46. The van der Waals surface area contributed by atoms with Gasteiger partial charge in [0.2, 0.25) is 23.5 Å². The third kappa shape index (κ3) is 4.37. The van der Waals surface area contributed by atoms with Gasteiger partial charge in [0, 0.05) is 38.2 Å². The van der Waals surface area contributed by atoms with Crippen LogP contribution in [-0.4, -0.2) is 63.4 Å². The molecule has 9 nitrogen and oxygen atoms in total. The number of hydrogen-bond acceptors (Lipinski definition) is 9. The van der Waals surface area contributed by atoms with E-state index in [0.717, 1.165) is 43.9 Å². The second kappa shape index (κ2) is 8.49. The van der Waals surface area contributed by atoms with E-state index in [-0.39, 0.29) is 0 Å². The molecule has 1 aromatic carbocycles. The number of aryl methyl sites for hydroxylation is 1. The quantitative estimate of drug-likeness (QED) is 0.606. The number of nitrogens with zero attached hydrogens (tertiary/aromatic N) is 6. The van der Waals surface area contributed by atoms with E-state index in [9.17, 15) is 0 Å². The van der Waals surface area contributed by atoms with Gasteiger partial charge in [0.15, 0.2) is 0 Å². The van der Waals surface area contributed by atoms with Crippen molar-refractivity contribution in [3.63, 3.8) is 0 Å². The van der Waals surface area contributed by atoms with Crippen LogP contribution >= 0.6 is 0 Å². The van der Waals surface area contributed by atoms with E-state index in [1.807, 2.05) is 31.2 Å². The molecular formula is C19H24N6O3. The summed E-state index contributed by atoms with van der Waals surface area (Å²) in [7, 11) is 1.64. The van der Waals surface area contributed by atoms with Crippen LogP contribution in [-0.2, 0) is 19.5 Å². The maximum atomic E-state index is 5.60. The SMILES string of the molecule is CCc1nnc(CN2CCN(Cc3nc(-c4ccc(OC)cc4)no3)CC2)o1. The van der Waals surface area contributed by atoms with Gasteiger partial charge >= 0.3 is 0 Å². The first-order chi connectivity index (χ1) is 13.7. The lowest BCUT2D eigenvalue weighted by Gasteiger charge is -2.32. The van der Waals surface area contributed by atoms with Crippen molar-refractivity contribution < 1.29 is 13.7 Å². The van der Waals surface area contributed by atoms with Gasteiger partial charge in [-0.1, -0.05) is 12.1 Å². The molecule has 0 N–H and O–H groups in total.